The summed E-state index contributed by atoms with van der Waals surface area (Å²) in [6, 6.07) is 15.1. The fourth-order valence-electron chi connectivity index (χ4n) is 6.13. The molecule has 1 saturated heterocycles. The highest BCUT2D eigenvalue weighted by Gasteiger charge is 2.34. The summed E-state index contributed by atoms with van der Waals surface area (Å²) in [5.41, 5.74) is 4.24. The van der Waals surface area contributed by atoms with E-state index in [1.54, 1.807) is 4.90 Å². The van der Waals surface area contributed by atoms with Crippen molar-refractivity contribution in [2.45, 2.75) is 52.4 Å². The monoisotopic (exact) mass is 568 g/mol. The second kappa shape index (κ2) is 13.3. The van der Waals surface area contributed by atoms with E-state index in [4.69, 9.17) is 19.4 Å². The molecule has 2 aromatic carbocycles. The van der Waals surface area contributed by atoms with Gasteiger partial charge in [-0.15, -0.1) is 0 Å². The second-order valence-corrected chi connectivity index (χ2v) is 10.9. The van der Waals surface area contributed by atoms with E-state index in [0.29, 0.717) is 45.3 Å². The molecule has 9 nitrogen and oxygen atoms in total. The normalized spacial score (nSPS) is 18.5. The average Bonchev–Trinajstić information content (AvgIpc) is 3.02. The van der Waals surface area contributed by atoms with Crippen LogP contribution in [0, 0.1) is 18.3 Å². The molecular weight excluding hydrogens is 528 g/mol. The van der Waals surface area contributed by atoms with Gasteiger partial charge in [-0.2, -0.15) is 15.2 Å². The minimum atomic E-state index is -0.261. The average molecular weight is 569 g/mol. The highest BCUT2D eigenvalue weighted by atomic mass is 16.5. The van der Waals surface area contributed by atoms with E-state index in [2.05, 4.69) is 79.6 Å². The number of nitrogens with zero attached hydrogens (tertiary/aromatic N) is 6. The Morgan fingerprint density at radius 3 is 2.74 bits per heavy atom. The Kier molecular flexibility index (Phi) is 9.35. The summed E-state index contributed by atoms with van der Waals surface area (Å²) >= 11 is 0. The number of amides is 1. The lowest BCUT2D eigenvalue weighted by atomic mass is 9.92. The molecule has 1 amide bonds. The Bertz CT molecular complexity index is 1480. The Morgan fingerprint density at radius 1 is 1.21 bits per heavy atom. The van der Waals surface area contributed by atoms with Gasteiger partial charge in [0.2, 0.25) is 5.91 Å². The number of nitriles is 1. The number of rotatable bonds is 10. The van der Waals surface area contributed by atoms with Gasteiger partial charge in [-0.3, -0.25) is 4.79 Å². The van der Waals surface area contributed by atoms with Crippen LogP contribution in [0.4, 0.5) is 5.82 Å². The summed E-state index contributed by atoms with van der Waals surface area (Å²) in [6.07, 6.45) is 2.00. The fourth-order valence-corrected chi connectivity index (χ4v) is 6.13. The van der Waals surface area contributed by atoms with Gasteiger partial charge in [-0.05, 0) is 48.0 Å². The number of fused-ring (bicyclic) bond motifs is 2. The highest BCUT2D eigenvalue weighted by molar-refractivity contribution is 5.89. The Morgan fingerprint density at radius 2 is 2.00 bits per heavy atom. The first-order valence-electron chi connectivity index (χ1n) is 14.9. The number of ether oxygens (including phenoxy) is 2. The number of hydrogen-bond donors (Lipinski definition) is 0. The molecule has 3 heterocycles. The molecular formula is C33H40N6O3. The van der Waals surface area contributed by atoms with Crippen molar-refractivity contribution in [2.75, 3.05) is 50.8 Å². The Labute approximate surface area is 248 Å². The highest BCUT2D eigenvalue weighted by Crippen LogP contribution is 2.38. The maximum Gasteiger partial charge on any atom is 0.318 e. The third-order valence-electron chi connectivity index (χ3n) is 8.45. The molecule has 1 aromatic heterocycles. The lowest BCUT2D eigenvalue weighted by Crippen LogP contribution is -2.55. The molecule has 0 spiro atoms. The summed E-state index contributed by atoms with van der Waals surface area (Å²) in [7, 11) is 0. The van der Waals surface area contributed by atoms with Gasteiger partial charge >= 0.3 is 6.01 Å². The standard InChI is InChI=1S/C33H40N6O3/c1-5-30(40)39-17-16-38(21-25(39)14-15-34)32-27-22-42-29(26-13-9-12-24-11-8-10-23(4)31(24)26)20-28(27)35-33(36-32)41-19-18-37(6-2)7-3/h5,8-13,25,29H,1,6-7,14,16-22H2,2-4H3/t25-,29?/m0/s1. The minimum Gasteiger partial charge on any atom is -0.462 e. The summed E-state index contributed by atoms with van der Waals surface area (Å²) in [5, 5.41) is 11.9. The van der Waals surface area contributed by atoms with Crippen molar-refractivity contribution in [3.63, 3.8) is 0 Å². The van der Waals surface area contributed by atoms with Crippen molar-refractivity contribution in [3.8, 4) is 12.1 Å². The molecule has 9 heteroatoms. The largest absolute Gasteiger partial charge is 0.462 e. The van der Waals surface area contributed by atoms with Gasteiger partial charge in [0.05, 0.1) is 36.9 Å². The molecule has 3 aromatic rings. The molecule has 42 heavy (non-hydrogen) atoms. The molecule has 0 saturated carbocycles. The van der Waals surface area contributed by atoms with Crippen LogP contribution < -0.4 is 9.64 Å². The minimum absolute atomic E-state index is 0.151. The van der Waals surface area contributed by atoms with E-state index in [9.17, 15) is 10.1 Å². The van der Waals surface area contributed by atoms with E-state index in [-0.39, 0.29) is 24.5 Å². The number of aromatic nitrogens is 2. The lowest BCUT2D eigenvalue weighted by Gasteiger charge is -2.41. The third-order valence-corrected chi connectivity index (χ3v) is 8.45. The zero-order valence-electron chi connectivity index (χ0n) is 24.9. The second-order valence-electron chi connectivity index (χ2n) is 10.9. The van der Waals surface area contributed by atoms with Gasteiger partial charge in [-0.25, -0.2) is 0 Å². The molecule has 5 rings (SSSR count). The molecule has 1 unspecified atom stereocenters. The van der Waals surface area contributed by atoms with Crippen molar-refractivity contribution in [1.29, 1.82) is 5.26 Å². The molecule has 0 aliphatic carbocycles. The Hall–Kier alpha value is -4.00. The lowest BCUT2D eigenvalue weighted by molar-refractivity contribution is -0.128. The van der Waals surface area contributed by atoms with E-state index in [1.807, 2.05) is 0 Å². The zero-order chi connectivity index (χ0) is 29.6. The summed E-state index contributed by atoms with van der Waals surface area (Å²) < 4.78 is 12.7. The predicted octanol–water partition coefficient (Wildman–Crippen LogP) is 4.59. The van der Waals surface area contributed by atoms with Gasteiger partial charge in [0.25, 0.3) is 0 Å². The van der Waals surface area contributed by atoms with E-state index in [0.717, 1.165) is 42.3 Å². The first kappa shape index (κ1) is 29.5. The Balaban J connectivity index is 1.48. The zero-order valence-corrected chi connectivity index (χ0v) is 24.9. The van der Waals surface area contributed by atoms with Gasteiger partial charge in [-0.1, -0.05) is 56.8 Å². The number of carbonyl (C=O) groups excluding carboxylic acids is 1. The quantitative estimate of drug-likeness (QED) is 0.328. The van der Waals surface area contributed by atoms with Crippen LogP contribution in [0.1, 0.15) is 48.8 Å². The summed E-state index contributed by atoms with van der Waals surface area (Å²) in [5.74, 6) is 0.607. The molecule has 2 aliphatic heterocycles. The van der Waals surface area contributed by atoms with Crippen molar-refractivity contribution in [3.05, 3.63) is 71.4 Å². The van der Waals surface area contributed by atoms with Crippen molar-refractivity contribution in [2.24, 2.45) is 0 Å². The van der Waals surface area contributed by atoms with Gasteiger partial charge in [0, 0.05) is 38.2 Å². The van der Waals surface area contributed by atoms with Gasteiger partial charge in [0.15, 0.2) is 0 Å². The summed E-state index contributed by atoms with van der Waals surface area (Å²) in [6.45, 7) is 15.2. The molecule has 0 N–H and O–H groups in total. The molecule has 2 atom stereocenters. The molecule has 0 radical (unpaired) electrons. The number of carbonyl (C=O) groups is 1. The third kappa shape index (κ3) is 6.10. The van der Waals surface area contributed by atoms with Crippen LogP contribution in [0.15, 0.2) is 49.1 Å². The first-order chi connectivity index (χ1) is 20.5. The SMILES string of the molecule is C=CC(=O)N1CCN(c2nc(OCCN(CC)CC)nc3c2COC(c2cccc4cccc(C)c24)C3)C[C@@H]1CC#N. The van der Waals surface area contributed by atoms with Crippen LogP contribution in [-0.2, 0) is 22.6 Å². The van der Waals surface area contributed by atoms with Crippen LogP contribution in [-0.4, -0.2) is 77.6 Å². The number of piperazine rings is 1. The van der Waals surface area contributed by atoms with Crippen LogP contribution >= 0.6 is 0 Å². The molecule has 2 aliphatic rings. The maximum atomic E-state index is 12.5. The smallest absolute Gasteiger partial charge is 0.318 e. The predicted molar refractivity (Wildman–Crippen MR) is 163 cm³/mol. The molecule has 0 bridgehead atoms. The van der Waals surface area contributed by atoms with Crippen molar-refractivity contribution < 1.29 is 14.3 Å². The van der Waals surface area contributed by atoms with Crippen LogP contribution in [0.5, 0.6) is 6.01 Å². The van der Waals surface area contributed by atoms with E-state index < -0.39 is 0 Å². The van der Waals surface area contributed by atoms with Crippen molar-refractivity contribution >= 4 is 22.5 Å². The number of aryl methyl sites for hydroxylation is 1. The fraction of sp³-hybridized carbons (Fsp3) is 0.455. The molecule has 1 fully saturated rings. The van der Waals surface area contributed by atoms with E-state index in [1.165, 1.54) is 22.4 Å². The number of likely N-dealkylation sites (N-methyl/N-ethyl adjacent to an activating group) is 1. The van der Waals surface area contributed by atoms with Crippen molar-refractivity contribution in [1.82, 2.24) is 19.8 Å². The summed E-state index contributed by atoms with van der Waals surface area (Å²) in [4.78, 5) is 28.5. The van der Waals surface area contributed by atoms with Gasteiger partial charge < -0.3 is 24.2 Å². The first-order valence-corrected chi connectivity index (χ1v) is 14.9. The molecule has 220 valence electrons. The number of benzene rings is 2. The maximum absolute atomic E-state index is 12.5. The number of anilines is 1. The van der Waals surface area contributed by atoms with Crippen LogP contribution in [0.2, 0.25) is 0 Å². The van der Waals surface area contributed by atoms with Crippen LogP contribution in [0.25, 0.3) is 10.8 Å². The van der Waals surface area contributed by atoms with E-state index >= 15 is 0 Å². The topological polar surface area (TPSA) is 94.8 Å². The van der Waals surface area contributed by atoms with Crippen LogP contribution in [0.3, 0.4) is 0 Å². The number of hydrogen-bond acceptors (Lipinski definition) is 8. The van der Waals surface area contributed by atoms with Gasteiger partial charge in [0.1, 0.15) is 12.4 Å².